The number of hydrogen-bond acceptors (Lipinski definition) is 2. The summed E-state index contributed by atoms with van der Waals surface area (Å²) in [6.45, 7) is 3.96. The molecule has 80 valence electrons. The normalized spacial score (nSPS) is 11.1. The van der Waals surface area contributed by atoms with Crippen LogP contribution in [0.5, 0.6) is 0 Å². The van der Waals surface area contributed by atoms with Crippen LogP contribution in [0.4, 0.5) is 0 Å². The number of hydrogen-bond donors (Lipinski definition) is 0. The van der Waals surface area contributed by atoms with Crippen molar-refractivity contribution >= 4 is 27.7 Å². The van der Waals surface area contributed by atoms with Crippen molar-refractivity contribution in [2.75, 3.05) is 5.75 Å². The molecule has 0 amide bonds. The van der Waals surface area contributed by atoms with Crippen LogP contribution in [0.3, 0.4) is 0 Å². The van der Waals surface area contributed by atoms with Gasteiger partial charge in [-0.1, -0.05) is 15.9 Å². The molecule has 0 aromatic heterocycles. The summed E-state index contributed by atoms with van der Waals surface area (Å²) in [6.07, 6.45) is 0.921. The molecule has 0 fully saturated rings. The van der Waals surface area contributed by atoms with Gasteiger partial charge >= 0.3 is 0 Å². The lowest BCUT2D eigenvalue weighted by Gasteiger charge is -2.13. The van der Waals surface area contributed by atoms with Gasteiger partial charge in [0.25, 0.3) is 0 Å². The van der Waals surface area contributed by atoms with E-state index in [2.05, 4.69) is 34.1 Å². The minimum Gasteiger partial charge on any atom is -0.198 e. The molecular weight excluding hydrogens is 270 g/mol. The summed E-state index contributed by atoms with van der Waals surface area (Å²) in [5.74, 6) is 0.988. The fraction of sp³-hybridized carbons (Fsp3) is 0.417. The molecule has 1 aromatic carbocycles. The lowest BCUT2D eigenvalue weighted by atomic mass is 9.93. The van der Waals surface area contributed by atoms with Gasteiger partial charge < -0.3 is 0 Å². The van der Waals surface area contributed by atoms with Crippen LogP contribution in [-0.2, 0) is 0 Å². The first-order valence-electron chi connectivity index (χ1n) is 4.83. The molecule has 0 radical (unpaired) electrons. The fourth-order valence-electron chi connectivity index (χ4n) is 1.01. The SMILES string of the molecule is CC(C)(C#N)CCSc1ccc(Br)cc1. The number of benzene rings is 1. The Balaban J connectivity index is 2.39. The highest BCUT2D eigenvalue weighted by Crippen LogP contribution is 2.26. The van der Waals surface area contributed by atoms with Crippen molar-refractivity contribution in [2.24, 2.45) is 5.41 Å². The second kappa shape index (κ2) is 5.58. The molecule has 0 N–H and O–H groups in total. The highest BCUT2D eigenvalue weighted by molar-refractivity contribution is 9.10. The van der Waals surface area contributed by atoms with E-state index in [0.29, 0.717) is 0 Å². The van der Waals surface area contributed by atoms with Crippen LogP contribution in [0.15, 0.2) is 33.6 Å². The van der Waals surface area contributed by atoms with Crippen LogP contribution in [0.2, 0.25) is 0 Å². The van der Waals surface area contributed by atoms with Crippen LogP contribution in [-0.4, -0.2) is 5.75 Å². The van der Waals surface area contributed by atoms with Crippen LogP contribution in [0.1, 0.15) is 20.3 Å². The first-order chi connectivity index (χ1) is 7.03. The monoisotopic (exact) mass is 283 g/mol. The van der Waals surface area contributed by atoms with Crippen molar-refractivity contribution in [2.45, 2.75) is 25.2 Å². The predicted octanol–water partition coefficient (Wildman–Crippen LogP) is 4.48. The number of thioether (sulfide) groups is 1. The zero-order valence-corrected chi connectivity index (χ0v) is 11.4. The van der Waals surface area contributed by atoms with Crippen molar-refractivity contribution in [1.29, 1.82) is 5.26 Å². The maximum Gasteiger partial charge on any atom is 0.0684 e. The van der Waals surface area contributed by atoms with Crippen LogP contribution in [0, 0.1) is 16.7 Å². The van der Waals surface area contributed by atoms with E-state index in [1.807, 2.05) is 26.0 Å². The molecule has 0 heterocycles. The van der Waals surface area contributed by atoms with E-state index in [1.54, 1.807) is 11.8 Å². The third-order valence-electron chi connectivity index (χ3n) is 2.11. The van der Waals surface area contributed by atoms with Gasteiger partial charge in [0.1, 0.15) is 0 Å². The molecular formula is C12H14BrNS. The zero-order chi connectivity index (χ0) is 11.3. The van der Waals surface area contributed by atoms with Crippen LogP contribution in [0.25, 0.3) is 0 Å². The van der Waals surface area contributed by atoms with E-state index >= 15 is 0 Å². The maximum absolute atomic E-state index is 8.86. The molecule has 15 heavy (non-hydrogen) atoms. The van der Waals surface area contributed by atoms with Gasteiger partial charge in [0.05, 0.1) is 11.5 Å². The van der Waals surface area contributed by atoms with E-state index in [9.17, 15) is 0 Å². The molecule has 1 nitrogen and oxygen atoms in total. The number of halogens is 1. The molecule has 1 rings (SSSR count). The Hall–Kier alpha value is -0.460. The Kier molecular flexibility index (Phi) is 4.69. The third kappa shape index (κ3) is 4.72. The molecule has 0 aliphatic heterocycles. The van der Waals surface area contributed by atoms with Gasteiger partial charge in [-0.2, -0.15) is 5.26 Å². The minimum atomic E-state index is -0.206. The zero-order valence-electron chi connectivity index (χ0n) is 8.96. The highest BCUT2D eigenvalue weighted by atomic mass is 79.9. The van der Waals surface area contributed by atoms with E-state index in [4.69, 9.17) is 5.26 Å². The smallest absolute Gasteiger partial charge is 0.0684 e. The van der Waals surface area contributed by atoms with E-state index < -0.39 is 0 Å². The topological polar surface area (TPSA) is 23.8 Å². The average molecular weight is 284 g/mol. The Morgan fingerprint density at radius 2 is 1.93 bits per heavy atom. The van der Waals surface area contributed by atoms with Crippen molar-refractivity contribution in [3.05, 3.63) is 28.7 Å². The first kappa shape index (κ1) is 12.6. The van der Waals surface area contributed by atoms with Gasteiger partial charge in [0.15, 0.2) is 0 Å². The van der Waals surface area contributed by atoms with E-state index in [0.717, 1.165) is 16.6 Å². The molecule has 0 saturated carbocycles. The third-order valence-corrected chi connectivity index (χ3v) is 3.65. The van der Waals surface area contributed by atoms with Gasteiger partial charge in [-0.25, -0.2) is 0 Å². The lowest BCUT2D eigenvalue weighted by Crippen LogP contribution is -2.08. The Labute approximate surface area is 104 Å². The van der Waals surface area contributed by atoms with Crippen molar-refractivity contribution in [1.82, 2.24) is 0 Å². The molecule has 0 aliphatic carbocycles. The minimum absolute atomic E-state index is 0.206. The molecule has 0 atom stereocenters. The Morgan fingerprint density at radius 3 is 2.47 bits per heavy atom. The van der Waals surface area contributed by atoms with E-state index in [-0.39, 0.29) is 5.41 Å². The van der Waals surface area contributed by atoms with Gasteiger partial charge in [-0.15, -0.1) is 11.8 Å². The first-order valence-corrected chi connectivity index (χ1v) is 6.61. The summed E-state index contributed by atoms with van der Waals surface area (Å²) in [5.41, 5.74) is -0.206. The van der Waals surface area contributed by atoms with Crippen molar-refractivity contribution in [3.63, 3.8) is 0 Å². The second-order valence-corrected chi connectivity index (χ2v) is 6.13. The Bertz CT molecular complexity index is 351. The average Bonchev–Trinajstić information content (AvgIpc) is 2.21. The van der Waals surface area contributed by atoms with Gasteiger partial charge in [0, 0.05) is 9.37 Å². The highest BCUT2D eigenvalue weighted by Gasteiger charge is 2.15. The molecule has 0 saturated heterocycles. The summed E-state index contributed by atoms with van der Waals surface area (Å²) < 4.78 is 1.10. The second-order valence-electron chi connectivity index (χ2n) is 4.05. The summed E-state index contributed by atoms with van der Waals surface area (Å²) in [5, 5.41) is 8.86. The number of nitrogens with zero attached hydrogens (tertiary/aromatic N) is 1. The molecule has 0 spiro atoms. The molecule has 0 aliphatic rings. The molecule has 1 aromatic rings. The Morgan fingerprint density at radius 1 is 1.33 bits per heavy atom. The summed E-state index contributed by atoms with van der Waals surface area (Å²) in [7, 11) is 0. The van der Waals surface area contributed by atoms with Crippen molar-refractivity contribution in [3.8, 4) is 6.07 Å². The van der Waals surface area contributed by atoms with Crippen molar-refractivity contribution < 1.29 is 0 Å². The fourth-order valence-corrected chi connectivity index (χ4v) is 2.45. The van der Waals surface area contributed by atoms with Crippen LogP contribution >= 0.6 is 27.7 Å². The standard InChI is InChI=1S/C12H14BrNS/c1-12(2,9-14)7-8-15-11-5-3-10(13)4-6-11/h3-6H,7-8H2,1-2H3. The molecule has 0 unspecified atom stereocenters. The maximum atomic E-state index is 8.86. The van der Waals surface area contributed by atoms with E-state index in [1.165, 1.54) is 4.90 Å². The quantitative estimate of drug-likeness (QED) is 0.761. The predicted molar refractivity (Wildman–Crippen MR) is 68.9 cm³/mol. The van der Waals surface area contributed by atoms with Gasteiger partial charge in [-0.3, -0.25) is 0 Å². The van der Waals surface area contributed by atoms with Crippen LogP contribution < -0.4 is 0 Å². The van der Waals surface area contributed by atoms with Gasteiger partial charge in [-0.05, 0) is 50.3 Å². The summed E-state index contributed by atoms with van der Waals surface area (Å²) >= 11 is 5.20. The molecule has 3 heteroatoms. The lowest BCUT2D eigenvalue weighted by molar-refractivity contribution is 0.482. The molecule has 0 bridgehead atoms. The number of nitriles is 1. The summed E-state index contributed by atoms with van der Waals surface area (Å²) in [6, 6.07) is 10.6. The van der Waals surface area contributed by atoms with Gasteiger partial charge in [0.2, 0.25) is 0 Å². The largest absolute Gasteiger partial charge is 0.198 e. The summed E-state index contributed by atoms with van der Waals surface area (Å²) in [4.78, 5) is 1.26. The number of rotatable bonds is 4.